The number of aromatic nitrogens is 2. The number of benzene rings is 1. The second-order valence-corrected chi connectivity index (χ2v) is 7.51. The van der Waals surface area contributed by atoms with Gasteiger partial charge in [0.25, 0.3) is 5.56 Å². The van der Waals surface area contributed by atoms with E-state index in [2.05, 4.69) is 9.51 Å². The van der Waals surface area contributed by atoms with E-state index in [4.69, 9.17) is 14.5 Å². The van der Waals surface area contributed by atoms with Crippen molar-refractivity contribution < 1.29 is 33.1 Å². The zero-order valence-electron chi connectivity index (χ0n) is 14.3. The number of H-pyrrole nitrogens is 1. The highest BCUT2D eigenvalue weighted by molar-refractivity contribution is 7.46. The lowest BCUT2D eigenvalue weighted by molar-refractivity contribution is -0.0484. The topological polar surface area (TPSA) is 151 Å². The van der Waals surface area contributed by atoms with Crippen LogP contribution in [0.25, 0.3) is 0 Å². The molecule has 1 saturated heterocycles. The quantitative estimate of drug-likeness (QED) is 0.474. The molecule has 0 amide bonds. The number of aromatic amines is 1. The van der Waals surface area contributed by atoms with Crippen molar-refractivity contribution >= 4 is 7.82 Å². The van der Waals surface area contributed by atoms with Gasteiger partial charge in [-0.2, -0.15) is 0 Å². The van der Waals surface area contributed by atoms with Gasteiger partial charge in [0.2, 0.25) is 0 Å². The van der Waals surface area contributed by atoms with Crippen molar-refractivity contribution in [2.24, 2.45) is 0 Å². The third kappa shape index (κ3) is 4.64. The monoisotopic (exact) mass is 416 g/mol. The van der Waals surface area contributed by atoms with Gasteiger partial charge in [0.15, 0.2) is 12.4 Å². The van der Waals surface area contributed by atoms with Crippen LogP contribution in [0.3, 0.4) is 0 Å². The second kappa shape index (κ2) is 8.08. The first kappa shape index (κ1) is 20.6. The maximum absolute atomic E-state index is 14.5. The van der Waals surface area contributed by atoms with Gasteiger partial charge in [-0.1, -0.05) is 30.3 Å². The molecule has 0 radical (unpaired) electrons. The molecular weight excluding hydrogens is 398 g/mol. The highest BCUT2D eigenvalue weighted by atomic mass is 31.2. The summed E-state index contributed by atoms with van der Waals surface area (Å²) < 4.78 is 35.6. The number of aliphatic hydroxyl groups excluding tert-OH is 1. The first-order valence-corrected chi connectivity index (χ1v) is 9.74. The van der Waals surface area contributed by atoms with Crippen LogP contribution in [-0.2, 0) is 20.2 Å². The van der Waals surface area contributed by atoms with Crippen LogP contribution < -0.4 is 11.2 Å². The number of rotatable bonds is 6. The number of nitrogens with zero attached hydrogens (tertiary/aromatic N) is 1. The van der Waals surface area contributed by atoms with Crippen molar-refractivity contribution in [1.29, 1.82) is 0 Å². The Balaban J connectivity index is 1.86. The summed E-state index contributed by atoms with van der Waals surface area (Å²) in [5.74, 6) is 0. The Morgan fingerprint density at radius 2 is 1.93 bits per heavy atom. The lowest BCUT2D eigenvalue weighted by atomic mass is 10.1. The van der Waals surface area contributed by atoms with Crippen LogP contribution in [0.4, 0.5) is 4.39 Å². The van der Waals surface area contributed by atoms with Crippen molar-refractivity contribution in [2.75, 3.05) is 6.61 Å². The maximum Gasteiger partial charge on any atom is 0.469 e. The average Bonchev–Trinajstić information content (AvgIpc) is 2.91. The molecule has 1 fully saturated rings. The van der Waals surface area contributed by atoms with Gasteiger partial charge in [-0.15, -0.1) is 0 Å². The van der Waals surface area contributed by atoms with E-state index in [-0.39, 0.29) is 12.0 Å². The normalized spacial score (nSPS) is 25.1. The Morgan fingerprint density at radius 3 is 2.57 bits per heavy atom. The SMILES string of the molecule is O=c1[nH]c(=O)n([C@@H]2O[C@H](COP(=O)(O)O)[C@@H](O)[C@@H]2F)cc1Cc1ccccc1. The molecule has 3 rings (SSSR count). The highest BCUT2D eigenvalue weighted by Gasteiger charge is 2.46. The number of alkyl halides is 1. The lowest BCUT2D eigenvalue weighted by Crippen LogP contribution is -2.37. The molecule has 2 aromatic rings. The number of halogens is 1. The fourth-order valence-corrected chi connectivity index (χ4v) is 3.23. The van der Waals surface area contributed by atoms with Gasteiger partial charge in [-0.05, 0) is 5.56 Å². The summed E-state index contributed by atoms with van der Waals surface area (Å²) in [6.45, 7) is -0.780. The fraction of sp³-hybridized carbons (Fsp3) is 0.375. The number of phosphoric ester groups is 1. The smallest absolute Gasteiger partial charge is 0.387 e. The molecule has 0 unspecified atom stereocenters. The molecule has 4 N–H and O–H groups in total. The van der Waals surface area contributed by atoms with E-state index in [0.717, 1.165) is 16.3 Å². The number of aliphatic hydroxyl groups is 1. The summed E-state index contributed by atoms with van der Waals surface area (Å²) in [5, 5.41) is 9.92. The molecule has 152 valence electrons. The Hall–Kier alpha value is -2.14. The predicted molar refractivity (Wildman–Crippen MR) is 93.4 cm³/mol. The van der Waals surface area contributed by atoms with Crippen molar-refractivity contribution in [3.63, 3.8) is 0 Å². The molecule has 2 heterocycles. The van der Waals surface area contributed by atoms with E-state index >= 15 is 0 Å². The van der Waals surface area contributed by atoms with Gasteiger partial charge in [0, 0.05) is 18.2 Å². The third-order valence-electron chi connectivity index (χ3n) is 4.25. The Bertz CT molecular complexity index is 988. The Labute approximate surface area is 157 Å². The Kier molecular flexibility index (Phi) is 5.94. The number of hydrogen-bond donors (Lipinski definition) is 4. The summed E-state index contributed by atoms with van der Waals surface area (Å²) in [4.78, 5) is 43.7. The van der Waals surface area contributed by atoms with Gasteiger partial charge < -0.3 is 19.6 Å². The standard InChI is InChI=1S/C16H18FN2O8P/c17-12-13(20)11(8-26-28(23,24)25)27-15(12)19-7-10(14(21)18-16(19)22)6-9-4-2-1-3-5-9/h1-5,7,11-13,15,20H,6,8H2,(H,18,21,22)(H2,23,24,25)/t11-,12+,13-,15-/m1/s1. The summed E-state index contributed by atoms with van der Waals surface area (Å²) in [7, 11) is -4.85. The molecule has 1 aliphatic rings. The van der Waals surface area contributed by atoms with Crippen LogP contribution in [0.1, 0.15) is 17.4 Å². The molecule has 0 aliphatic carbocycles. The van der Waals surface area contributed by atoms with E-state index in [1.54, 1.807) is 30.3 Å². The lowest BCUT2D eigenvalue weighted by Gasteiger charge is -2.17. The molecule has 0 bridgehead atoms. The fourth-order valence-electron chi connectivity index (χ4n) is 2.89. The molecular formula is C16H18FN2O8P. The van der Waals surface area contributed by atoms with Gasteiger partial charge in [0.05, 0.1) is 6.61 Å². The maximum atomic E-state index is 14.5. The molecule has 4 atom stereocenters. The number of hydrogen-bond acceptors (Lipinski definition) is 6. The minimum absolute atomic E-state index is 0.172. The average molecular weight is 416 g/mol. The van der Waals surface area contributed by atoms with Crippen molar-refractivity contribution in [3.8, 4) is 0 Å². The zero-order chi connectivity index (χ0) is 20.5. The molecule has 28 heavy (non-hydrogen) atoms. The van der Waals surface area contributed by atoms with Crippen LogP contribution >= 0.6 is 7.82 Å². The molecule has 12 heteroatoms. The molecule has 1 aromatic heterocycles. The van der Waals surface area contributed by atoms with Crippen LogP contribution in [0.5, 0.6) is 0 Å². The molecule has 10 nitrogen and oxygen atoms in total. The van der Waals surface area contributed by atoms with Gasteiger partial charge >= 0.3 is 13.5 Å². The Morgan fingerprint density at radius 1 is 1.25 bits per heavy atom. The van der Waals surface area contributed by atoms with Gasteiger partial charge in [0.1, 0.15) is 12.2 Å². The summed E-state index contributed by atoms with van der Waals surface area (Å²) in [5.41, 5.74) is -0.625. The van der Waals surface area contributed by atoms with Crippen molar-refractivity contribution in [2.45, 2.75) is 31.0 Å². The van der Waals surface area contributed by atoms with Crippen LogP contribution in [0, 0.1) is 0 Å². The summed E-state index contributed by atoms with van der Waals surface area (Å²) in [6.07, 6.45) is -5.56. The van der Waals surface area contributed by atoms with Gasteiger partial charge in [-0.3, -0.25) is 18.9 Å². The largest absolute Gasteiger partial charge is 0.469 e. The van der Waals surface area contributed by atoms with E-state index in [1.807, 2.05) is 0 Å². The second-order valence-electron chi connectivity index (χ2n) is 6.27. The van der Waals surface area contributed by atoms with E-state index in [1.165, 1.54) is 0 Å². The van der Waals surface area contributed by atoms with Gasteiger partial charge in [-0.25, -0.2) is 13.8 Å². The van der Waals surface area contributed by atoms with Crippen LogP contribution in [-0.4, -0.2) is 49.4 Å². The summed E-state index contributed by atoms with van der Waals surface area (Å²) in [6, 6.07) is 8.91. The zero-order valence-corrected chi connectivity index (χ0v) is 15.2. The minimum Gasteiger partial charge on any atom is -0.387 e. The number of ether oxygens (including phenoxy) is 1. The first-order chi connectivity index (χ1) is 13.2. The minimum atomic E-state index is -4.85. The summed E-state index contributed by atoms with van der Waals surface area (Å²) >= 11 is 0. The molecule has 0 saturated carbocycles. The highest BCUT2D eigenvalue weighted by Crippen LogP contribution is 2.38. The van der Waals surface area contributed by atoms with E-state index < -0.39 is 50.3 Å². The molecule has 1 aliphatic heterocycles. The third-order valence-corrected chi connectivity index (χ3v) is 4.74. The van der Waals surface area contributed by atoms with Crippen LogP contribution in [0.15, 0.2) is 46.1 Å². The van der Waals surface area contributed by atoms with E-state index in [9.17, 15) is 23.7 Å². The van der Waals surface area contributed by atoms with Crippen molar-refractivity contribution in [3.05, 3.63) is 68.5 Å². The predicted octanol–water partition coefficient (Wildman–Crippen LogP) is -0.167. The van der Waals surface area contributed by atoms with Crippen molar-refractivity contribution in [1.82, 2.24) is 9.55 Å². The first-order valence-electron chi connectivity index (χ1n) is 8.21. The van der Waals surface area contributed by atoms with Crippen LogP contribution in [0.2, 0.25) is 0 Å². The molecule has 1 aromatic carbocycles. The number of nitrogens with one attached hydrogen (secondary N) is 1. The molecule has 0 spiro atoms. The number of phosphoric acid groups is 1. The van der Waals surface area contributed by atoms with E-state index in [0.29, 0.717) is 0 Å².